The van der Waals surface area contributed by atoms with E-state index >= 15 is 0 Å². The molecule has 10 atom stereocenters. The third-order valence-corrected chi connectivity index (χ3v) is 20.4. The van der Waals surface area contributed by atoms with E-state index in [0.29, 0.717) is 43.8 Å². The Morgan fingerprint density at radius 1 is 0.250 bits per heavy atom. The molecule has 0 nitrogen and oxygen atoms in total. The molecule has 0 aromatic rings. The second kappa shape index (κ2) is 21.0. The topological polar surface area (TPSA) is 0 Å². The van der Waals surface area contributed by atoms with Gasteiger partial charge in [-0.1, -0.05) is 228 Å². The van der Waals surface area contributed by atoms with E-state index < -0.39 is 0 Å². The van der Waals surface area contributed by atoms with Crippen LogP contribution in [0.3, 0.4) is 0 Å². The van der Waals surface area contributed by atoms with Crippen molar-refractivity contribution >= 4 is 0 Å². The van der Waals surface area contributed by atoms with Gasteiger partial charge < -0.3 is 0 Å². The highest BCUT2D eigenvalue weighted by molar-refractivity contribution is 5.09. The minimum Gasteiger partial charge on any atom is -0.0628 e. The molecule has 0 heteroatoms. The van der Waals surface area contributed by atoms with Gasteiger partial charge in [-0.3, -0.25) is 0 Å². The summed E-state index contributed by atoms with van der Waals surface area (Å²) in [5.74, 6) is 0.654. The molecule has 4 aliphatic rings. The lowest BCUT2D eigenvalue weighted by atomic mass is 9.44. The zero-order valence-electron chi connectivity index (χ0n) is 59.3. The van der Waals surface area contributed by atoms with Crippen LogP contribution in [0.15, 0.2) is 0 Å². The van der Waals surface area contributed by atoms with Crippen molar-refractivity contribution in [3.8, 4) is 0 Å². The Morgan fingerprint density at radius 3 is 0.803 bits per heavy atom. The lowest BCUT2D eigenvalue weighted by molar-refractivity contribution is -0.101. The molecule has 0 radical (unpaired) electrons. The summed E-state index contributed by atoms with van der Waals surface area (Å²) in [5.41, 5.74) is 5.04. The molecule has 0 aromatic carbocycles. The minimum absolute atomic E-state index is 0.188. The summed E-state index contributed by atoms with van der Waals surface area (Å²) in [6.07, 6.45) is 31.0. The maximum atomic E-state index is 2.92. The van der Waals surface area contributed by atoms with Crippen LogP contribution in [-0.2, 0) is 0 Å². The molecule has 76 heavy (non-hydrogen) atoms. The van der Waals surface area contributed by atoms with Crippen molar-refractivity contribution in [3.63, 3.8) is 0 Å². The van der Waals surface area contributed by atoms with Crippen LogP contribution in [0.5, 0.6) is 0 Å². The van der Waals surface area contributed by atoms with Crippen molar-refractivity contribution < 1.29 is 0 Å². The molecule has 0 saturated heterocycles. The molecule has 4 aliphatic carbocycles. The van der Waals surface area contributed by atoms with Crippen LogP contribution in [0.2, 0.25) is 0 Å². The van der Waals surface area contributed by atoms with Crippen molar-refractivity contribution in [2.24, 2.45) is 109 Å². The van der Waals surface area contributed by atoms with Crippen LogP contribution in [0.25, 0.3) is 0 Å². The lowest BCUT2D eigenvalue weighted by Crippen LogP contribution is -2.50. The Balaban J connectivity index is 2.18. The van der Waals surface area contributed by atoms with Gasteiger partial charge in [0.1, 0.15) is 0 Å². The lowest BCUT2D eigenvalue weighted by Gasteiger charge is -2.61. The summed E-state index contributed by atoms with van der Waals surface area (Å²) in [6, 6.07) is 0. The van der Waals surface area contributed by atoms with Crippen LogP contribution in [-0.4, -0.2) is 0 Å². The Kier molecular flexibility index (Phi) is 18.9. The van der Waals surface area contributed by atoms with E-state index in [1.54, 1.807) is 0 Å². The van der Waals surface area contributed by atoms with Gasteiger partial charge in [-0.15, -0.1) is 0 Å². The monoisotopic (exact) mass is 1060 g/mol. The summed E-state index contributed by atoms with van der Waals surface area (Å²) in [4.78, 5) is 0. The highest BCUT2D eigenvalue weighted by Crippen LogP contribution is 2.70. The molecule has 0 aliphatic heterocycles. The van der Waals surface area contributed by atoms with Gasteiger partial charge in [0.05, 0.1) is 0 Å². The number of fused-ring (bicyclic) bond motifs is 4. The maximum Gasteiger partial charge on any atom is -0.0280 e. The van der Waals surface area contributed by atoms with Crippen LogP contribution in [0, 0.1) is 109 Å². The molecule has 4 bridgehead atoms. The van der Waals surface area contributed by atoms with E-state index in [0.717, 1.165) is 0 Å². The third kappa shape index (κ3) is 21.0. The Labute approximate surface area is 482 Å². The van der Waals surface area contributed by atoms with Gasteiger partial charge in [0, 0.05) is 0 Å². The van der Waals surface area contributed by atoms with Crippen molar-refractivity contribution in [2.45, 2.75) is 376 Å². The predicted octanol–water partition coefficient (Wildman–Crippen LogP) is 26.0. The molecule has 0 amide bonds. The molecule has 450 valence electrons. The summed E-state index contributed by atoms with van der Waals surface area (Å²) in [6.45, 7) is 88.9. The Bertz CT molecular complexity index is 1940. The maximum absolute atomic E-state index is 2.92. The summed E-state index contributed by atoms with van der Waals surface area (Å²) < 4.78 is 0. The smallest absolute Gasteiger partial charge is 0.0280 e. The molecule has 4 rings (SSSR count). The van der Waals surface area contributed by atoms with Crippen molar-refractivity contribution in [1.29, 1.82) is 0 Å². The van der Waals surface area contributed by atoms with Gasteiger partial charge in [-0.2, -0.15) is 0 Å². The summed E-state index contributed by atoms with van der Waals surface area (Å²) in [7, 11) is 0. The zero-order valence-corrected chi connectivity index (χ0v) is 59.3. The quantitative estimate of drug-likeness (QED) is 0.227. The largest absolute Gasteiger partial charge is 0.0628 e. The fraction of sp³-hybridized carbons (Fsp3) is 1.00. The van der Waals surface area contributed by atoms with Gasteiger partial charge in [0.15, 0.2) is 0 Å². The van der Waals surface area contributed by atoms with E-state index in [1.165, 1.54) is 148 Å². The van der Waals surface area contributed by atoms with E-state index in [2.05, 4.69) is 228 Å². The molecular weight excluding hydrogens is 913 g/mol. The second-order valence-corrected chi connectivity index (χ2v) is 44.3. The first-order valence-corrected chi connectivity index (χ1v) is 33.0. The minimum atomic E-state index is 0.188. The Morgan fingerprint density at radius 2 is 0.487 bits per heavy atom. The molecule has 0 N–H and O–H groups in total. The van der Waals surface area contributed by atoms with E-state index in [9.17, 15) is 0 Å². The molecule has 0 aromatic heterocycles. The van der Waals surface area contributed by atoms with Gasteiger partial charge in [-0.25, -0.2) is 0 Å². The number of rotatable bonds is 8. The van der Waals surface area contributed by atoms with Crippen LogP contribution < -0.4 is 0 Å². The van der Waals surface area contributed by atoms with Gasteiger partial charge in [-0.05, 0) is 256 Å². The van der Waals surface area contributed by atoms with E-state index in [-0.39, 0.29) is 65.0 Å². The highest BCUT2D eigenvalue weighted by Gasteiger charge is 2.59. The standard InChI is InChI=1S/C76H146/c1-57(2)34-76(55-74(32)41-63(17,18)39-62(15,16)40-67(25,49-74)35-58(3,4)5)47-66(23,24)46-73(31)52-70(28,38-61(12,13)14)50-69(27,37-60(9,10)11)51-72(30,53-73)44-65(21,22)43-71(29)48-68(26,36-59(6,7)8)42-64(19,20)45-75(33,54-71)56-76/h57H,34-56H2,1-33H3. The first-order chi connectivity index (χ1) is 33.0. The Hall–Kier alpha value is 0. The van der Waals surface area contributed by atoms with Gasteiger partial charge in [0.2, 0.25) is 0 Å². The molecular formula is C76H146. The molecule has 10 unspecified atom stereocenters. The second-order valence-electron chi connectivity index (χ2n) is 44.3. The van der Waals surface area contributed by atoms with Gasteiger partial charge >= 0.3 is 0 Å². The van der Waals surface area contributed by atoms with Crippen LogP contribution in [0.4, 0.5) is 0 Å². The van der Waals surface area contributed by atoms with Gasteiger partial charge in [0.25, 0.3) is 0 Å². The van der Waals surface area contributed by atoms with Crippen molar-refractivity contribution in [2.75, 3.05) is 0 Å². The van der Waals surface area contributed by atoms with Crippen LogP contribution in [0.1, 0.15) is 376 Å². The fourth-order valence-corrected chi connectivity index (χ4v) is 27.8. The summed E-state index contributed by atoms with van der Waals surface area (Å²) >= 11 is 0. The first kappa shape index (κ1) is 68.5. The SMILES string of the molecule is CC(C)CC1(CC2(C)CC(C)(C)CC(C)(C)CC(C)(CC(C)(C)C)C2)CC(C)(C)CC2(C)CC(C)(CC(C)(C)C)CC(C)(CC(C)(C)C)CC(C)(CC(C)(C)CC3(C)CC(C)(CC(C)(C)C)CC(C)(C)CC(C)(C3)C1)C2. The predicted molar refractivity (Wildman–Crippen MR) is 343 cm³/mol. The molecule has 4 fully saturated rings. The van der Waals surface area contributed by atoms with E-state index in [1.807, 2.05) is 0 Å². The molecule has 0 heterocycles. The van der Waals surface area contributed by atoms with Crippen molar-refractivity contribution in [1.82, 2.24) is 0 Å². The zero-order chi connectivity index (χ0) is 59.3. The average molecular weight is 1060 g/mol. The normalized spacial score (nSPS) is 42.1. The average Bonchev–Trinajstić information content (AvgIpc) is 2.91. The van der Waals surface area contributed by atoms with Crippen LogP contribution >= 0.6 is 0 Å². The van der Waals surface area contributed by atoms with E-state index in [4.69, 9.17) is 0 Å². The number of hydrogen-bond acceptors (Lipinski definition) is 0. The molecule has 0 spiro atoms. The highest BCUT2D eigenvalue weighted by atomic mass is 14.6. The van der Waals surface area contributed by atoms with Crippen molar-refractivity contribution in [3.05, 3.63) is 0 Å². The summed E-state index contributed by atoms with van der Waals surface area (Å²) in [5, 5.41) is 0. The fourth-order valence-electron chi connectivity index (χ4n) is 27.8. The first-order valence-electron chi connectivity index (χ1n) is 33.0. The number of hydrogen-bond donors (Lipinski definition) is 0. The third-order valence-electron chi connectivity index (χ3n) is 20.4. The molecule has 4 saturated carbocycles.